The number of allylic oxidation sites excluding steroid dienone is 4. The minimum atomic E-state index is -4.38. The summed E-state index contributed by atoms with van der Waals surface area (Å²) in [5.74, 6) is -0.790. The quantitative estimate of drug-likeness (QED) is 0.0211. The monoisotopic (exact) mass is 1090 g/mol. The van der Waals surface area contributed by atoms with Gasteiger partial charge in [-0.1, -0.05) is 282 Å². The summed E-state index contributed by atoms with van der Waals surface area (Å²) in [6.07, 6.45) is 71.5. The SMILES string of the molecule is CCCCCCCC/C=C\CCCCCCCC(=O)OCC(COP(=O)(O)OCC[N+](C)(C)C)OC(=O)CCCCCCCCCCCCCCCCCCCCCCCCCCC/C=C\CCCCCCCCCC. The predicted octanol–water partition coefficient (Wildman–Crippen LogP) is 20.9. The lowest BCUT2D eigenvalue weighted by molar-refractivity contribution is -0.870. The molecule has 0 heterocycles. The van der Waals surface area contributed by atoms with Crippen molar-refractivity contribution in [3.63, 3.8) is 0 Å². The molecule has 1 N–H and O–H groups in total. The molecule has 0 radical (unpaired) electrons. The topological polar surface area (TPSA) is 108 Å². The van der Waals surface area contributed by atoms with Crippen molar-refractivity contribution in [3.05, 3.63) is 24.3 Å². The molecule has 0 amide bonds. The van der Waals surface area contributed by atoms with Crippen LogP contribution in [0, 0.1) is 0 Å². The molecule has 2 unspecified atom stereocenters. The summed E-state index contributed by atoms with van der Waals surface area (Å²) in [7, 11) is 1.49. The molecule has 0 saturated heterocycles. The van der Waals surface area contributed by atoms with Crippen molar-refractivity contribution in [2.75, 3.05) is 47.5 Å². The van der Waals surface area contributed by atoms with E-state index in [4.69, 9.17) is 18.5 Å². The van der Waals surface area contributed by atoms with Gasteiger partial charge in [-0.2, -0.15) is 0 Å². The van der Waals surface area contributed by atoms with E-state index < -0.39 is 26.5 Å². The molecule has 2 atom stereocenters. The molecule has 0 aliphatic rings. The Morgan fingerprint density at radius 3 is 0.974 bits per heavy atom. The first-order valence-electron chi connectivity index (χ1n) is 33.1. The maximum Gasteiger partial charge on any atom is 0.472 e. The standard InChI is InChI=1S/C66H128NO8P/c1-6-8-10-12-14-16-18-20-22-23-24-25-26-27-28-29-30-31-32-33-34-35-36-37-38-39-40-41-42-43-45-47-49-51-53-55-57-59-66(69)75-64(63-74-76(70,71)73-61-60-67(3,4)5)62-72-65(68)58-56-54-52-50-48-46-44-21-19-17-15-13-11-9-7-2/h21,23-24,44,64H,6-20,22,25-43,45-63H2,1-5H3/p+1/b24-23-,44-21-. The third kappa shape index (κ3) is 61.7. The smallest absolute Gasteiger partial charge is 0.462 e. The third-order valence-corrected chi connectivity index (χ3v) is 15.9. The van der Waals surface area contributed by atoms with Crippen LogP contribution in [0.25, 0.3) is 0 Å². The zero-order valence-electron chi connectivity index (χ0n) is 51.3. The molecule has 0 aliphatic heterocycles. The Balaban J connectivity index is 3.90. The molecule has 0 aromatic carbocycles. The highest BCUT2D eigenvalue weighted by Gasteiger charge is 2.27. The van der Waals surface area contributed by atoms with Crippen LogP contribution in [-0.4, -0.2) is 74.9 Å². The van der Waals surface area contributed by atoms with Gasteiger partial charge >= 0.3 is 19.8 Å². The Morgan fingerprint density at radius 1 is 0.395 bits per heavy atom. The van der Waals surface area contributed by atoms with Crippen molar-refractivity contribution in [3.8, 4) is 0 Å². The third-order valence-electron chi connectivity index (χ3n) is 15.0. The Kier molecular flexibility index (Phi) is 57.0. The van der Waals surface area contributed by atoms with E-state index in [9.17, 15) is 19.0 Å². The van der Waals surface area contributed by atoms with E-state index in [1.54, 1.807) is 0 Å². The number of likely N-dealkylation sites (N-methyl/N-ethyl adjacent to an activating group) is 1. The van der Waals surface area contributed by atoms with E-state index >= 15 is 0 Å². The number of quaternary nitrogens is 1. The molecule has 0 spiro atoms. The number of unbranched alkanes of at least 4 members (excludes halogenated alkanes) is 44. The second-order valence-corrected chi connectivity index (χ2v) is 25.3. The molecule has 450 valence electrons. The molecular weight excluding hydrogens is 966 g/mol. The maximum atomic E-state index is 12.8. The Labute approximate surface area is 472 Å². The summed E-state index contributed by atoms with van der Waals surface area (Å²) in [6.45, 7) is 4.47. The van der Waals surface area contributed by atoms with Crippen LogP contribution in [-0.2, 0) is 32.7 Å². The normalized spacial score (nSPS) is 13.3. The van der Waals surface area contributed by atoms with Gasteiger partial charge in [0.05, 0.1) is 27.7 Å². The molecule has 0 bridgehead atoms. The summed E-state index contributed by atoms with van der Waals surface area (Å²) in [4.78, 5) is 35.7. The number of carbonyl (C=O) groups excluding carboxylic acids is 2. The fourth-order valence-electron chi connectivity index (χ4n) is 9.83. The molecule has 9 nitrogen and oxygen atoms in total. The van der Waals surface area contributed by atoms with E-state index in [-0.39, 0.29) is 32.0 Å². The van der Waals surface area contributed by atoms with Crippen molar-refractivity contribution in [2.24, 2.45) is 0 Å². The fourth-order valence-corrected chi connectivity index (χ4v) is 10.6. The molecule has 0 aromatic heterocycles. The number of nitrogens with zero attached hydrogens (tertiary/aromatic N) is 1. The number of ether oxygens (including phenoxy) is 2. The van der Waals surface area contributed by atoms with Crippen LogP contribution in [0.2, 0.25) is 0 Å². The summed E-state index contributed by atoms with van der Waals surface area (Å²) < 4.78 is 34.6. The summed E-state index contributed by atoms with van der Waals surface area (Å²) in [5, 5.41) is 0. The van der Waals surface area contributed by atoms with Crippen molar-refractivity contribution >= 4 is 19.8 Å². The summed E-state index contributed by atoms with van der Waals surface area (Å²) >= 11 is 0. The Bertz CT molecular complexity index is 1330. The first kappa shape index (κ1) is 74.5. The largest absolute Gasteiger partial charge is 0.472 e. The van der Waals surface area contributed by atoms with Crippen molar-refractivity contribution in [2.45, 2.75) is 341 Å². The number of rotatable bonds is 62. The van der Waals surface area contributed by atoms with Crippen LogP contribution < -0.4 is 0 Å². The average molecular weight is 1100 g/mol. The van der Waals surface area contributed by atoms with E-state index in [0.717, 1.165) is 51.4 Å². The molecular formula is C66H129NO8P+. The number of phosphoric acid groups is 1. The van der Waals surface area contributed by atoms with Gasteiger partial charge in [0.15, 0.2) is 6.10 Å². The Hall–Kier alpha value is -1.51. The van der Waals surface area contributed by atoms with Gasteiger partial charge in [0, 0.05) is 12.8 Å². The van der Waals surface area contributed by atoms with Crippen LogP contribution in [0.4, 0.5) is 0 Å². The summed E-state index contributed by atoms with van der Waals surface area (Å²) in [5.41, 5.74) is 0. The second kappa shape index (κ2) is 58.2. The fraction of sp³-hybridized carbons (Fsp3) is 0.909. The maximum absolute atomic E-state index is 12.8. The van der Waals surface area contributed by atoms with Gasteiger partial charge in [-0.15, -0.1) is 0 Å². The number of carbonyl (C=O) groups is 2. The van der Waals surface area contributed by atoms with Crippen molar-refractivity contribution in [1.29, 1.82) is 0 Å². The minimum absolute atomic E-state index is 0.0334. The van der Waals surface area contributed by atoms with Gasteiger partial charge in [-0.3, -0.25) is 18.6 Å². The van der Waals surface area contributed by atoms with Crippen LogP contribution in [0.5, 0.6) is 0 Å². The van der Waals surface area contributed by atoms with Crippen molar-refractivity contribution in [1.82, 2.24) is 0 Å². The molecule has 0 rings (SSSR count). The van der Waals surface area contributed by atoms with Gasteiger partial charge < -0.3 is 18.9 Å². The molecule has 76 heavy (non-hydrogen) atoms. The minimum Gasteiger partial charge on any atom is -0.462 e. The molecule has 0 saturated carbocycles. The van der Waals surface area contributed by atoms with Gasteiger partial charge in [0.1, 0.15) is 19.8 Å². The zero-order valence-corrected chi connectivity index (χ0v) is 52.2. The predicted molar refractivity (Wildman–Crippen MR) is 326 cm³/mol. The highest BCUT2D eigenvalue weighted by Crippen LogP contribution is 2.43. The van der Waals surface area contributed by atoms with E-state index in [1.165, 1.54) is 250 Å². The van der Waals surface area contributed by atoms with Crippen LogP contribution in [0.3, 0.4) is 0 Å². The van der Waals surface area contributed by atoms with Crippen LogP contribution in [0.15, 0.2) is 24.3 Å². The van der Waals surface area contributed by atoms with Gasteiger partial charge in [-0.25, -0.2) is 4.57 Å². The highest BCUT2D eigenvalue weighted by atomic mass is 31.2. The molecule has 0 aliphatic carbocycles. The number of hydrogen-bond acceptors (Lipinski definition) is 7. The average Bonchev–Trinajstić information content (AvgIpc) is 3.38. The van der Waals surface area contributed by atoms with Gasteiger partial charge in [0.2, 0.25) is 0 Å². The molecule has 10 heteroatoms. The number of hydrogen-bond donors (Lipinski definition) is 1. The number of phosphoric ester groups is 1. The number of esters is 2. The van der Waals surface area contributed by atoms with Crippen LogP contribution >= 0.6 is 7.82 Å². The molecule has 0 aromatic rings. The zero-order chi connectivity index (χ0) is 55.6. The van der Waals surface area contributed by atoms with E-state index in [2.05, 4.69) is 38.2 Å². The summed E-state index contributed by atoms with van der Waals surface area (Å²) in [6, 6.07) is 0. The lowest BCUT2D eigenvalue weighted by Crippen LogP contribution is -2.37. The van der Waals surface area contributed by atoms with E-state index in [1.807, 2.05) is 21.1 Å². The highest BCUT2D eigenvalue weighted by molar-refractivity contribution is 7.47. The first-order chi connectivity index (χ1) is 37.0. The van der Waals surface area contributed by atoms with Gasteiger partial charge in [0.25, 0.3) is 0 Å². The van der Waals surface area contributed by atoms with E-state index in [0.29, 0.717) is 17.4 Å². The lowest BCUT2D eigenvalue weighted by atomic mass is 10.0. The first-order valence-corrected chi connectivity index (χ1v) is 34.6. The van der Waals surface area contributed by atoms with Crippen molar-refractivity contribution < 1.29 is 42.1 Å². The Morgan fingerprint density at radius 2 is 0.671 bits per heavy atom. The van der Waals surface area contributed by atoms with Gasteiger partial charge in [-0.05, 0) is 64.2 Å². The van der Waals surface area contributed by atoms with Crippen LogP contribution in [0.1, 0.15) is 335 Å². The molecule has 0 fully saturated rings. The lowest BCUT2D eigenvalue weighted by Gasteiger charge is -2.24. The second-order valence-electron chi connectivity index (χ2n) is 23.9.